The van der Waals surface area contributed by atoms with Gasteiger partial charge in [0.15, 0.2) is 0 Å². The number of hydrogen-bond donors (Lipinski definition) is 0. The first-order valence-electron chi connectivity index (χ1n) is 11.0. The Morgan fingerprint density at radius 2 is 1.88 bits per heavy atom. The molecule has 7 nitrogen and oxygen atoms in total. The van der Waals surface area contributed by atoms with Crippen LogP contribution in [-0.2, 0) is 6.42 Å². The minimum absolute atomic E-state index is 0.0421. The topological polar surface area (TPSA) is 72.6 Å². The summed E-state index contributed by atoms with van der Waals surface area (Å²) in [4.78, 5) is 27.8. The van der Waals surface area contributed by atoms with Crippen LogP contribution in [0, 0.1) is 5.92 Å². The first-order valence-corrected chi connectivity index (χ1v) is 11.0. The number of fused-ring (bicyclic) bond motifs is 1. The Morgan fingerprint density at radius 3 is 2.78 bits per heavy atom. The molecule has 0 spiro atoms. The SMILES string of the molecule is O=C(c1cccc(Oc2ncccn2)c1)N1CCC[C@@H](Cc2cccn3ccnc23)CC1. The number of pyridine rings is 1. The summed E-state index contributed by atoms with van der Waals surface area (Å²) in [7, 11) is 0. The third kappa shape index (κ3) is 4.46. The quantitative estimate of drug-likeness (QED) is 0.472. The van der Waals surface area contributed by atoms with Gasteiger partial charge >= 0.3 is 6.01 Å². The van der Waals surface area contributed by atoms with E-state index in [0.29, 0.717) is 17.2 Å². The number of amides is 1. The van der Waals surface area contributed by atoms with Crippen LogP contribution < -0.4 is 4.74 Å². The zero-order chi connectivity index (χ0) is 21.8. The van der Waals surface area contributed by atoms with Crippen LogP contribution in [0.1, 0.15) is 35.2 Å². The van der Waals surface area contributed by atoms with Crippen molar-refractivity contribution >= 4 is 11.6 Å². The molecular formula is C25H25N5O2. The van der Waals surface area contributed by atoms with Crippen molar-refractivity contribution in [1.82, 2.24) is 24.3 Å². The van der Waals surface area contributed by atoms with Gasteiger partial charge in [0.2, 0.25) is 0 Å². The summed E-state index contributed by atoms with van der Waals surface area (Å²) in [5.74, 6) is 1.14. The van der Waals surface area contributed by atoms with E-state index in [4.69, 9.17) is 4.74 Å². The molecule has 0 unspecified atom stereocenters. The molecule has 0 aliphatic carbocycles. The molecule has 0 N–H and O–H groups in total. The largest absolute Gasteiger partial charge is 0.424 e. The van der Waals surface area contributed by atoms with E-state index in [9.17, 15) is 4.79 Å². The summed E-state index contributed by atoms with van der Waals surface area (Å²) in [6.07, 6.45) is 13.2. The van der Waals surface area contributed by atoms with Crippen molar-refractivity contribution in [3.05, 3.63) is 84.6 Å². The van der Waals surface area contributed by atoms with Crippen LogP contribution in [0.5, 0.6) is 11.8 Å². The number of rotatable bonds is 5. The molecule has 1 amide bonds. The monoisotopic (exact) mass is 427 g/mol. The lowest BCUT2D eigenvalue weighted by Gasteiger charge is -2.21. The van der Waals surface area contributed by atoms with Crippen LogP contribution in [0.25, 0.3) is 5.65 Å². The van der Waals surface area contributed by atoms with Gasteiger partial charge in [-0.05, 0) is 67.5 Å². The van der Waals surface area contributed by atoms with Crippen LogP contribution in [-0.4, -0.2) is 43.2 Å². The maximum Gasteiger partial charge on any atom is 0.321 e. The van der Waals surface area contributed by atoms with E-state index in [0.717, 1.165) is 44.4 Å². The van der Waals surface area contributed by atoms with Gasteiger partial charge in [0.25, 0.3) is 5.91 Å². The Morgan fingerprint density at radius 1 is 0.969 bits per heavy atom. The second-order valence-electron chi connectivity index (χ2n) is 8.15. The second kappa shape index (κ2) is 9.18. The van der Waals surface area contributed by atoms with Gasteiger partial charge in [-0.1, -0.05) is 12.1 Å². The molecule has 1 aliphatic rings. The maximum atomic E-state index is 13.2. The molecule has 1 aromatic carbocycles. The van der Waals surface area contributed by atoms with Crippen LogP contribution >= 0.6 is 0 Å². The Labute approximate surface area is 186 Å². The molecule has 4 heterocycles. The first kappa shape index (κ1) is 20.2. The molecule has 0 saturated carbocycles. The fraction of sp³-hybridized carbons (Fsp3) is 0.280. The second-order valence-corrected chi connectivity index (χ2v) is 8.15. The Hall–Kier alpha value is -3.74. The van der Waals surface area contributed by atoms with Gasteiger partial charge in [-0.3, -0.25) is 4.79 Å². The fourth-order valence-electron chi connectivity index (χ4n) is 4.37. The molecule has 32 heavy (non-hydrogen) atoms. The average Bonchev–Trinajstić information content (AvgIpc) is 3.20. The van der Waals surface area contributed by atoms with Crippen molar-refractivity contribution < 1.29 is 9.53 Å². The van der Waals surface area contributed by atoms with Crippen LogP contribution in [0.2, 0.25) is 0 Å². The number of imidazole rings is 1. The van der Waals surface area contributed by atoms with Gasteiger partial charge in [-0.2, -0.15) is 0 Å². The van der Waals surface area contributed by atoms with Crippen molar-refractivity contribution in [3.63, 3.8) is 0 Å². The van der Waals surface area contributed by atoms with Crippen molar-refractivity contribution in [2.24, 2.45) is 5.92 Å². The molecular weight excluding hydrogens is 402 g/mol. The molecule has 1 saturated heterocycles. The molecule has 4 aromatic rings. The number of carbonyl (C=O) groups is 1. The van der Waals surface area contributed by atoms with Crippen LogP contribution in [0.4, 0.5) is 0 Å². The van der Waals surface area contributed by atoms with Crippen molar-refractivity contribution in [1.29, 1.82) is 0 Å². The van der Waals surface area contributed by atoms with Gasteiger partial charge in [0.1, 0.15) is 11.4 Å². The summed E-state index contributed by atoms with van der Waals surface area (Å²) >= 11 is 0. The zero-order valence-electron chi connectivity index (χ0n) is 17.8. The summed E-state index contributed by atoms with van der Waals surface area (Å²) in [6.45, 7) is 1.53. The normalized spacial score (nSPS) is 16.6. The highest BCUT2D eigenvalue weighted by molar-refractivity contribution is 5.94. The summed E-state index contributed by atoms with van der Waals surface area (Å²) < 4.78 is 7.76. The van der Waals surface area contributed by atoms with E-state index in [1.807, 2.05) is 41.7 Å². The molecule has 0 radical (unpaired) electrons. The standard InChI is InChI=1S/C25H25N5O2/c31-24(21-6-1-8-22(18-21)32-25-27-10-4-11-28-25)30-14-2-5-19(9-15-30)17-20-7-3-13-29-16-12-26-23(20)29/h1,3-4,6-8,10-13,16,18-19H,2,5,9,14-15,17H2/t19-/m1/s1. The number of ether oxygens (including phenoxy) is 1. The van der Waals surface area contributed by atoms with E-state index < -0.39 is 0 Å². The molecule has 0 bridgehead atoms. The molecule has 3 aromatic heterocycles. The highest BCUT2D eigenvalue weighted by Crippen LogP contribution is 2.25. The van der Waals surface area contributed by atoms with E-state index >= 15 is 0 Å². The van der Waals surface area contributed by atoms with Crippen LogP contribution in [0.3, 0.4) is 0 Å². The lowest BCUT2D eigenvalue weighted by atomic mass is 9.93. The summed E-state index contributed by atoms with van der Waals surface area (Å²) in [6, 6.07) is 13.5. The predicted molar refractivity (Wildman–Crippen MR) is 121 cm³/mol. The average molecular weight is 428 g/mol. The van der Waals surface area contributed by atoms with Gasteiger partial charge in [-0.15, -0.1) is 0 Å². The van der Waals surface area contributed by atoms with Gasteiger partial charge in [0.05, 0.1) is 0 Å². The van der Waals surface area contributed by atoms with Crippen LogP contribution in [0.15, 0.2) is 73.4 Å². The Balaban J connectivity index is 1.24. The van der Waals surface area contributed by atoms with Gasteiger partial charge in [-0.25, -0.2) is 15.0 Å². The number of nitrogens with zero attached hydrogens (tertiary/aromatic N) is 5. The number of aromatic nitrogens is 4. The van der Waals surface area contributed by atoms with E-state index in [2.05, 4.69) is 31.5 Å². The highest BCUT2D eigenvalue weighted by Gasteiger charge is 2.23. The summed E-state index contributed by atoms with van der Waals surface area (Å²) in [5.41, 5.74) is 2.93. The highest BCUT2D eigenvalue weighted by atomic mass is 16.5. The minimum atomic E-state index is 0.0421. The van der Waals surface area contributed by atoms with E-state index in [1.165, 1.54) is 5.56 Å². The lowest BCUT2D eigenvalue weighted by Crippen LogP contribution is -2.32. The lowest BCUT2D eigenvalue weighted by molar-refractivity contribution is 0.0759. The molecule has 7 heteroatoms. The van der Waals surface area contributed by atoms with Crippen molar-refractivity contribution in [3.8, 4) is 11.8 Å². The molecule has 1 aliphatic heterocycles. The molecule has 162 valence electrons. The van der Waals surface area contributed by atoms with Gasteiger partial charge < -0.3 is 14.0 Å². The number of benzene rings is 1. The Bertz CT molecular complexity index is 1210. The van der Waals surface area contributed by atoms with E-state index in [1.54, 1.807) is 24.5 Å². The number of hydrogen-bond acceptors (Lipinski definition) is 5. The van der Waals surface area contributed by atoms with Crippen molar-refractivity contribution in [2.75, 3.05) is 13.1 Å². The molecule has 1 fully saturated rings. The third-order valence-electron chi connectivity index (χ3n) is 5.98. The first-order chi connectivity index (χ1) is 15.8. The Kier molecular flexibility index (Phi) is 5.79. The van der Waals surface area contributed by atoms with Gasteiger partial charge in [0, 0.05) is 49.6 Å². The molecule has 1 atom stereocenters. The number of likely N-dealkylation sites (tertiary alicyclic amines) is 1. The predicted octanol–water partition coefficient (Wildman–Crippen LogP) is 4.40. The van der Waals surface area contributed by atoms with E-state index in [-0.39, 0.29) is 11.9 Å². The zero-order valence-corrected chi connectivity index (χ0v) is 17.8. The van der Waals surface area contributed by atoms with Crippen molar-refractivity contribution in [2.45, 2.75) is 25.7 Å². The third-order valence-corrected chi connectivity index (χ3v) is 5.98. The summed E-state index contributed by atoms with van der Waals surface area (Å²) in [5, 5.41) is 0. The minimum Gasteiger partial charge on any atom is -0.424 e. The number of carbonyl (C=O) groups excluding carboxylic acids is 1. The maximum absolute atomic E-state index is 13.2. The smallest absolute Gasteiger partial charge is 0.321 e. The fourth-order valence-corrected chi connectivity index (χ4v) is 4.37. The molecule has 5 rings (SSSR count).